The second-order valence-electron chi connectivity index (χ2n) is 9.53. The molecule has 0 amide bonds. The van der Waals surface area contributed by atoms with Gasteiger partial charge in [-0.1, -0.05) is 73.1 Å². The van der Waals surface area contributed by atoms with Crippen molar-refractivity contribution >= 4 is 44.0 Å². The molecule has 7 heteroatoms. The summed E-state index contributed by atoms with van der Waals surface area (Å²) in [5, 5.41) is 6.08. The van der Waals surface area contributed by atoms with Crippen LogP contribution < -0.4 is 5.56 Å². The Bertz CT molecular complexity index is 1660. The number of hydrogen-bond acceptors (Lipinski definition) is 3. The molecule has 35 heavy (non-hydrogen) atoms. The van der Waals surface area contributed by atoms with Crippen LogP contribution >= 0.6 is 15.9 Å². The van der Waals surface area contributed by atoms with Gasteiger partial charge in [-0.05, 0) is 30.3 Å². The van der Waals surface area contributed by atoms with Crippen molar-refractivity contribution in [3.05, 3.63) is 111 Å². The zero-order chi connectivity index (χ0) is 24.7. The molecule has 0 aliphatic rings. The summed E-state index contributed by atoms with van der Waals surface area (Å²) in [6.07, 6.45) is 3.62. The fourth-order valence-corrected chi connectivity index (χ4v) is 4.54. The molecule has 0 saturated heterocycles. The molecule has 0 fully saturated rings. The van der Waals surface area contributed by atoms with Crippen molar-refractivity contribution in [1.82, 2.24) is 14.2 Å². The lowest BCUT2D eigenvalue weighted by Gasteiger charge is -2.20. The lowest BCUT2D eigenvalue weighted by molar-refractivity contribution is 0.506. The van der Waals surface area contributed by atoms with Crippen molar-refractivity contribution in [2.75, 3.05) is 0 Å². The molecule has 2 heterocycles. The van der Waals surface area contributed by atoms with Gasteiger partial charge in [-0.15, -0.1) is 0 Å². The Kier molecular flexibility index (Phi) is 5.89. The van der Waals surface area contributed by atoms with Crippen molar-refractivity contribution in [1.29, 1.82) is 0 Å². The number of fused-ring (bicyclic) bond motifs is 2. The zero-order valence-electron chi connectivity index (χ0n) is 19.7. The minimum Gasteiger partial charge on any atom is -0.342 e. The van der Waals surface area contributed by atoms with E-state index in [9.17, 15) is 9.18 Å². The predicted octanol–water partition coefficient (Wildman–Crippen LogP) is 6.48. The van der Waals surface area contributed by atoms with E-state index in [-0.39, 0.29) is 11.4 Å². The number of benzene rings is 3. The minimum absolute atomic E-state index is 0.229. The van der Waals surface area contributed by atoms with Gasteiger partial charge in [0.15, 0.2) is 0 Å². The van der Waals surface area contributed by atoms with Crippen LogP contribution in [-0.2, 0) is 12.0 Å². The third kappa shape index (κ3) is 4.44. The highest BCUT2D eigenvalue weighted by Crippen LogP contribution is 2.24. The highest BCUT2D eigenvalue weighted by atomic mass is 79.9. The molecular weight excluding hydrogens is 507 g/mol. The Morgan fingerprint density at radius 3 is 2.54 bits per heavy atom. The van der Waals surface area contributed by atoms with Gasteiger partial charge in [0.25, 0.3) is 5.56 Å². The van der Waals surface area contributed by atoms with Crippen LogP contribution in [0.25, 0.3) is 21.8 Å². The summed E-state index contributed by atoms with van der Waals surface area (Å²) in [4.78, 5) is 18.2. The third-order valence-corrected chi connectivity index (χ3v) is 6.40. The van der Waals surface area contributed by atoms with Gasteiger partial charge in [-0.25, -0.2) is 9.37 Å². The van der Waals surface area contributed by atoms with Crippen molar-refractivity contribution < 1.29 is 4.39 Å². The van der Waals surface area contributed by atoms with Crippen LogP contribution in [-0.4, -0.2) is 20.4 Å². The lowest BCUT2D eigenvalue weighted by atomic mass is 9.95. The van der Waals surface area contributed by atoms with Crippen LogP contribution in [0.15, 0.2) is 87.3 Å². The van der Waals surface area contributed by atoms with Crippen LogP contribution in [0, 0.1) is 5.82 Å². The second-order valence-corrected chi connectivity index (χ2v) is 10.4. The first-order valence-electron chi connectivity index (χ1n) is 11.3. The summed E-state index contributed by atoms with van der Waals surface area (Å²) < 4.78 is 18.5. The number of halogens is 2. The fraction of sp³-hybridized carbons (Fsp3) is 0.179. The van der Waals surface area contributed by atoms with Crippen molar-refractivity contribution in [3.63, 3.8) is 0 Å². The van der Waals surface area contributed by atoms with E-state index < -0.39 is 5.41 Å². The molecule has 5 rings (SSSR count). The quantitative estimate of drug-likeness (QED) is 0.249. The topological polar surface area (TPSA) is 52.2 Å². The van der Waals surface area contributed by atoms with Crippen molar-refractivity contribution in [2.24, 2.45) is 5.10 Å². The van der Waals surface area contributed by atoms with Gasteiger partial charge < -0.3 is 4.57 Å². The molecule has 0 N–H and O–H groups in total. The number of rotatable bonds is 4. The van der Waals surface area contributed by atoms with Crippen LogP contribution in [0.5, 0.6) is 0 Å². The molecule has 0 radical (unpaired) electrons. The molecule has 0 aliphatic carbocycles. The van der Waals surface area contributed by atoms with Crippen molar-refractivity contribution in [2.45, 2.75) is 32.7 Å². The predicted molar refractivity (Wildman–Crippen MR) is 143 cm³/mol. The summed E-state index contributed by atoms with van der Waals surface area (Å²) in [5.41, 5.74) is 2.39. The molecule has 0 spiro atoms. The molecule has 5 nitrogen and oxygen atoms in total. The monoisotopic (exact) mass is 530 g/mol. The number of para-hydroxylation sites is 1. The Morgan fingerprint density at radius 2 is 1.77 bits per heavy atom. The summed E-state index contributed by atoms with van der Waals surface area (Å²) >= 11 is 3.44. The SMILES string of the molecule is CC(C)(C)c1nc2ccc(Br)cc2c(=O)n1N=Cc1cn(Cc2ccccc2F)c2ccccc12. The van der Waals surface area contributed by atoms with E-state index in [4.69, 9.17) is 4.98 Å². The van der Waals surface area contributed by atoms with Crippen molar-refractivity contribution in [3.8, 4) is 0 Å². The van der Waals surface area contributed by atoms with E-state index in [1.54, 1.807) is 24.4 Å². The Hall–Kier alpha value is -3.58. The van der Waals surface area contributed by atoms with Gasteiger partial charge in [0.2, 0.25) is 0 Å². The van der Waals surface area contributed by atoms with Crippen LogP contribution in [0.1, 0.15) is 37.7 Å². The average molecular weight is 531 g/mol. The normalized spacial score (nSPS) is 12.3. The van der Waals surface area contributed by atoms with Gasteiger partial charge in [0.05, 0.1) is 23.7 Å². The smallest absolute Gasteiger partial charge is 0.282 e. The zero-order valence-corrected chi connectivity index (χ0v) is 21.3. The molecule has 3 aromatic carbocycles. The Balaban J connectivity index is 1.65. The highest BCUT2D eigenvalue weighted by molar-refractivity contribution is 9.10. The van der Waals surface area contributed by atoms with E-state index in [1.807, 2.05) is 74.0 Å². The van der Waals surface area contributed by atoms with Crippen LogP contribution in [0.4, 0.5) is 4.39 Å². The number of nitrogens with zero attached hydrogens (tertiary/aromatic N) is 4. The molecular formula is C28H24BrFN4O. The number of hydrogen-bond donors (Lipinski definition) is 0. The summed E-state index contributed by atoms with van der Waals surface area (Å²) in [6.45, 7) is 6.41. The first kappa shape index (κ1) is 23.2. The molecule has 0 bridgehead atoms. The van der Waals surface area contributed by atoms with Gasteiger partial charge >= 0.3 is 0 Å². The minimum atomic E-state index is -0.406. The molecule has 0 aliphatic heterocycles. The van der Waals surface area contributed by atoms with E-state index in [0.29, 0.717) is 28.8 Å². The van der Waals surface area contributed by atoms with Gasteiger partial charge in [0.1, 0.15) is 11.6 Å². The first-order valence-corrected chi connectivity index (χ1v) is 12.1. The maximum absolute atomic E-state index is 14.3. The largest absolute Gasteiger partial charge is 0.342 e. The van der Waals surface area contributed by atoms with E-state index in [1.165, 1.54) is 10.7 Å². The molecule has 2 aromatic heterocycles. The molecule has 5 aromatic rings. The fourth-order valence-electron chi connectivity index (χ4n) is 4.18. The molecule has 0 atom stereocenters. The number of aromatic nitrogens is 3. The van der Waals surface area contributed by atoms with Crippen LogP contribution in [0.3, 0.4) is 0 Å². The van der Waals surface area contributed by atoms with E-state index in [2.05, 4.69) is 21.0 Å². The average Bonchev–Trinajstić information content (AvgIpc) is 3.17. The summed E-state index contributed by atoms with van der Waals surface area (Å²) in [6, 6.07) is 20.1. The van der Waals surface area contributed by atoms with E-state index in [0.717, 1.165) is 20.9 Å². The Morgan fingerprint density at radius 1 is 1.03 bits per heavy atom. The molecule has 0 saturated carbocycles. The molecule has 176 valence electrons. The van der Waals surface area contributed by atoms with Gasteiger partial charge in [0, 0.05) is 38.1 Å². The third-order valence-electron chi connectivity index (χ3n) is 5.91. The maximum atomic E-state index is 14.3. The van der Waals surface area contributed by atoms with Gasteiger partial charge in [-0.2, -0.15) is 9.78 Å². The first-order chi connectivity index (χ1) is 16.7. The summed E-state index contributed by atoms with van der Waals surface area (Å²) in [5.74, 6) is 0.332. The second kappa shape index (κ2) is 8.89. The highest BCUT2D eigenvalue weighted by Gasteiger charge is 2.23. The van der Waals surface area contributed by atoms with E-state index >= 15 is 0 Å². The lowest BCUT2D eigenvalue weighted by Crippen LogP contribution is -2.29. The summed E-state index contributed by atoms with van der Waals surface area (Å²) in [7, 11) is 0. The maximum Gasteiger partial charge on any atom is 0.282 e. The van der Waals surface area contributed by atoms with Gasteiger partial charge in [-0.3, -0.25) is 4.79 Å². The van der Waals surface area contributed by atoms with Crippen LogP contribution in [0.2, 0.25) is 0 Å². The molecule has 0 unspecified atom stereocenters. The Labute approximate surface area is 210 Å². The standard InChI is InChI=1S/C28H24BrFN4O/c1-28(2,3)27-32-24-13-12-20(29)14-22(24)26(35)34(27)31-15-19-17-33(25-11-7-5-9-21(19)25)16-18-8-4-6-10-23(18)30/h4-15,17H,16H2,1-3H3.